The molecule has 5 aromatic carbocycles. The smallest absolute Gasteiger partial charge is 0.209 e. The summed E-state index contributed by atoms with van der Waals surface area (Å²) in [6.07, 6.45) is 0. The third-order valence-electron chi connectivity index (χ3n) is 8.86. The predicted molar refractivity (Wildman–Crippen MR) is 186 cm³/mol. The molecule has 0 radical (unpaired) electrons. The molecule has 0 amide bonds. The van der Waals surface area contributed by atoms with E-state index in [0.717, 1.165) is 44.7 Å². The van der Waals surface area contributed by atoms with Crippen molar-refractivity contribution in [1.82, 2.24) is 9.97 Å². The first kappa shape index (κ1) is 27.3. The normalized spacial score (nSPS) is 13.4. The van der Waals surface area contributed by atoms with Gasteiger partial charge < -0.3 is 4.90 Å². The van der Waals surface area contributed by atoms with Gasteiger partial charge in [0.1, 0.15) is 5.82 Å². The van der Waals surface area contributed by atoms with Gasteiger partial charge in [0.25, 0.3) is 0 Å². The number of halogens is 1. The Morgan fingerprint density at radius 2 is 1.16 bits per heavy atom. The monoisotopic (exact) mass is 619 g/mol. The molecule has 0 bridgehead atoms. The summed E-state index contributed by atoms with van der Waals surface area (Å²) >= 11 is 9.60. The Labute approximate surface area is 269 Å². The summed E-state index contributed by atoms with van der Waals surface area (Å²) in [5, 5.41) is 5.90. The van der Waals surface area contributed by atoms with E-state index in [1.54, 1.807) is 6.07 Å². The van der Waals surface area contributed by atoms with E-state index >= 15 is 4.39 Å². The molecule has 1 aromatic heterocycles. The van der Waals surface area contributed by atoms with Gasteiger partial charge in [-0.15, -0.1) is 0 Å². The number of hydrogen-bond acceptors (Lipinski definition) is 7. The van der Waals surface area contributed by atoms with Gasteiger partial charge in [0.2, 0.25) is 11.6 Å². The standard InChI is InChI=1S/C37H22FN5S2/c1-37(2)26-7-3-5-9-29(26)43(30-10-6-4-8-27(30)37)22-13-11-21(12-14-22)23-15-16-24-31-25(17-18-28(38)32(23)31)34-33(24)41-35(39-19-44)36(42-34)40-20-45/h3-18H,1-2H3. The minimum absolute atomic E-state index is 0.138. The Bertz CT molecular complexity index is 2230. The number of nitrogens with zero attached hydrogens (tertiary/aromatic N) is 5. The number of fused-ring (bicyclic) bond motifs is 5. The van der Waals surface area contributed by atoms with Gasteiger partial charge in [-0.05, 0) is 83.1 Å². The van der Waals surface area contributed by atoms with Crippen LogP contribution in [0.15, 0.2) is 107 Å². The molecule has 5 nitrogen and oxygen atoms in total. The summed E-state index contributed by atoms with van der Waals surface area (Å²) < 4.78 is 15.8. The summed E-state index contributed by atoms with van der Waals surface area (Å²) in [7, 11) is 0. The molecule has 8 heteroatoms. The first-order valence-corrected chi connectivity index (χ1v) is 15.2. The van der Waals surface area contributed by atoms with Crippen LogP contribution in [0.25, 0.3) is 44.4 Å². The third kappa shape index (κ3) is 3.98. The number of benzene rings is 5. The van der Waals surface area contributed by atoms with Crippen LogP contribution < -0.4 is 4.90 Å². The molecule has 214 valence electrons. The zero-order valence-corrected chi connectivity index (χ0v) is 25.8. The molecule has 6 aromatic rings. The number of aromatic nitrogens is 2. The molecule has 0 atom stereocenters. The lowest BCUT2D eigenvalue weighted by molar-refractivity contribution is 0.632. The Morgan fingerprint density at radius 3 is 1.71 bits per heavy atom. The van der Waals surface area contributed by atoms with Crippen LogP contribution >= 0.6 is 24.4 Å². The van der Waals surface area contributed by atoms with Crippen LogP contribution in [0.2, 0.25) is 0 Å². The molecule has 0 N–H and O–H groups in total. The first-order valence-electron chi connectivity index (χ1n) is 14.4. The van der Waals surface area contributed by atoms with Crippen molar-refractivity contribution >= 4 is 74.2 Å². The maximum atomic E-state index is 15.8. The number of aliphatic imine (C=N–C) groups is 2. The minimum atomic E-state index is -0.321. The molecule has 0 saturated carbocycles. The molecule has 45 heavy (non-hydrogen) atoms. The zero-order valence-electron chi connectivity index (χ0n) is 24.2. The summed E-state index contributed by atoms with van der Waals surface area (Å²) in [6, 6.07) is 32.5. The van der Waals surface area contributed by atoms with Gasteiger partial charge in [-0.1, -0.05) is 74.5 Å². The van der Waals surface area contributed by atoms with Crippen LogP contribution in [0.4, 0.5) is 33.1 Å². The van der Waals surface area contributed by atoms with Gasteiger partial charge in [-0.2, -0.15) is 9.98 Å². The van der Waals surface area contributed by atoms with E-state index in [0.29, 0.717) is 16.8 Å². The van der Waals surface area contributed by atoms with Crippen LogP contribution in [0.3, 0.4) is 0 Å². The van der Waals surface area contributed by atoms with Crippen molar-refractivity contribution in [2.75, 3.05) is 4.90 Å². The molecule has 2 aliphatic rings. The van der Waals surface area contributed by atoms with Crippen LogP contribution in [-0.2, 0) is 5.41 Å². The molecule has 8 rings (SSSR count). The molecule has 0 saturated heterocycles. The number of isothiocyanates is 2. The second-order valence-corrected chi connectivity index (χ2v) is 11.9. The number of thiocarbonyl (C=S) groups is 2. The molecule has 2 heterocycles. The van der Waals surface area contributed by atoms with E-state index in [2.05, 4.69) is 122 Å². The van der Waals surface area contributed by atoms with Gasteiger partial charge in [-0.3, -0.25) is 0 Å². The van der Waals surface area contributed by atoms with Crippen molar-refractivity contribution in [3.63, 3.8) is 0 Å². The molecule has 0 spiro atoms. The van der Waals surface area contributed by atoms with Crippen molar-refractivity contribution in [2.24, 2.45) is 9.98 Å². The lowest BCUT2D eigenvalue weighted by atomic mass is 9.73. The van der Waals surface area contributed by atoms with Gasteiger partial charge in [0.05, 0.1) is 33.1 Å². The Kier molecular flexibility index (Phi) is 6.17. The van der Waals surface area contributed by atoms with Crippen LogP contribution in [-0.4, -0.2) is 20.3 Å². The van der Waals surface area contributed by atoms with Gasteiger partial charge in [-0.25, -0.2) is 14.4 Å². The topological polar surface area (TPSA) is 53.7 Å². The number of para-hydroxylation sites is 2. The minimum Gasteiger partial charge on any atom is -0.310 e. The fraction of sp³-hybridized carbons (Fsp3) is 0.0811. The van der Waals surface area contributed by atoms with Gasteiger partial charge in [0.15, 0.2) is 0 Å². The number of hydrogen-bond donors (Lipinski definition) is 0. The predicted octanol–water partition coefficient (Wildman–Crippen LogP) is 10.7. The molecule has 1 aliphatic heterocycles. The van der Waals surface area contributed by atoms with E-state index in [4.69, 9.17) is 24.4 Å². The van der Waals surface area contributed by atoms with Crippen molar-refractivity contribution in [3.8, 4) is 33.6 Å². The Morgan fingerprint density at radius 1 is 0.644 bits per heavy atom. The maximum absolute atomic E-state index is 15.8. The van der Waals surface area contributed by atoms with Crippen molar-refractivity contribution in [3.05, 3.63) is 114 Å². The van der Waals surface area contributed by atoms with Crippen LogP contribution in [0.1, 0.15) is 25.0 Å². The average molecular weight is 620 g/mol. The van der Waals surface area contributed by atoms with E-state index < -0.39 is 0 Å². The van der Waals surface area contributed by atoms with Crippen molar-refractivity contribution in [1.29, 1.82) is 0 Å². The molecule has 1 aliphatic carbocycles. The number of rotatable bonds is 4. The van der Waals surface area contributed by atoms with E-state index in [-0.39, 0.29) is 22.9 Å². The van der Waals surface area contributed by atoms with Crippen molar-refractivity contribution < 1.29 is 4.39 Å². The van der Waals surface area contributed by atoms with E-state index in [1.807, 2.05) is 12.1 Å². The highest BCUT2D eigenvalue weighted by atomic mass is 32.1. The van der Waals surface area contributed by atoms with E-state index in [1.165, 1.54) is 17.2 Å². The Hall–Kier alpha value is -5.23. The van der Waals surface area contributed by atoms with E-state index in [9.17, 15) is 0 Å². The quantitative estimate of drug-likeness (QED) is 0.145. The SMILES string of the molecule is CC1(C)c2ccccc2N(c2ccc(-c3ccc4c5c(ccc(F)c35)-c3nc(N=C=S)c(N=C=S)nc3-4)cc2)c2ccccc21. The lowest BCUT2D eigenvalue weighted by Gasteiger charge is -2.42. The van der Waals surface area contributed by atoms with Crippen LogP contribution in [0.5, 0.6) is 0 Å². The van der Waals surface area contributed by atoms with Gasteiger partial charge >= 0.3 is 0 Å². The van der Waals surface area contributed by atoms with Crippen molar-refractivity contribution in [2.45, 2.75) is 19.3 Å². The molecule has 0 fully saturated rings. The summed E-state index contributed by atoms with van der Waals surface area (Å²) in [6.45, 7) is 4.55. The Balaban J connectivity index is 1.27. The second kappa shape index (κ2) is 10.2. The number of anilines is 3. The third-order valence-corrected chi connectivity index (χ3v) is 9.04. The molecular weight excluding hydrogens is 598 g/mol. The molecule has 0 unspecified atom stereocenters. The summed E-state index contributed by atoms with van der Waals surface area (Å²) in [5.74, 6) is 0.0516. The van der Waals surface area contributed by atoms with Gasteiger partial charge in [0, 0.05) is 33.0 Å². The highest BCUT2D eigenvalue weighted by molar-refractivity contribution is 7.78. The summed E-state index contributed by atoms with van der Waals surface area (Å²) in [4.78, 5) is 19.7. The fourth-order valence-electron chi connectivity index (χ4n) is 6.86. The first-order chi connectivity index (χ1) is 21.9. The molecular formula is C37H22FN5S2. The summed E-state index contributed by atoms with van der Waals surface area (Å²) in [5.41, 5.74) is 10.1. The lowest BCUT2D eigenvalue weighted by Crippen LogP contribution is -2.30. The maximum Gasteiger partial charge on any atom is 0.209 e. The largest absolute Gasteiger partial charge is 0.310 e. The average Bonchev–Trinajstić information content (AvgIpc) is 3.36. The van der Waals surface area contributed by atoms with Crippen LogP contribution in [0, 0.1) is 5.82 Å². The highest BCUT2D eigenvalue weighted by Crippen LogP contribution is 2.53. The second-order valence-electron chi connectivity index (χ2n) is 11.5. The fourth-order valence-corrected chi connectivity index (χ4v) is 7.03. The zero-order chi connectivity index (χ0) is 30.9. The highest BCUT2D eigenvalue weighted by Gasteiger charge is 2.36.